The summed E-state index contributed by atoms with van der Waals surface area (Å²) in [6, 6.07) is 8.18. The molecule has 1 saturated heterocycles. The van der Waals surface area contributed by atoms with Crippen LogP contribution in [0.15, 0.2) is 24.3 Å². The van der Waals surface area contributed by atoms with Gasteiger partial charge in [0.1, 0.15) is 0 Å². The van der Waals surface area contributed by atoms with Gasteiger partial charge in [-0.3, -0.25) is 4.79 Å². The minimum absolute atomic E-state index is 0. The van der Waals surface area contributed by atoms with Crippen LogP contribution in [0.25, 0.3) is 0 Å². The topological polar surface area (TPSA) is 32.3 Å². The minimum atomic E-state index is 0. The Morgan fingerprint density at radius 3 is 2.50 bits per heavy atom. The summed E-state index contributed by atoms with van der Waals surface area (Å²) in [5.41, 5.74) is 1.88. The molecule has 0 spiro atoms. The summed E-state index contributed by atoms with van der Waals surface area (Å²) in [6.07, 6.45) is 2.10. The van der Waals surface area contributed by atoms with Crippen LogP contribution < -0.4 is 5.32 Å². The number of aryl methyl sites for hydroxylation is 1. The predicted octanol–water partition coefficient (Wildman–Crippen LogP) is 2.24. The second kappa shape index (κ2) is 6.76. The van der Waals surface area contributed by atoms with Crippen molar-refractivity contribution in [2.45, 2.75) is 25.8 Å². The molecule has 0 aromatic heterocycles. The Morgan fingerprint density at radius 2 is 1.89 bits per heavy atom. The maximum atomic E-state index is 12.4. The van der Waals surface area contributed by atoms with Crippen LogP contribution in [0.5, 0.6) is 0 Å². The zero-order valence-electron chi connectivity index (χ0n) is 11.0. The maximum Gasteiger partial charge on any atom is 0.254 e. The monoisotopic (exact) mass is 268 g/mol. The fourth-order valence-electron chi connectivity index (χ4n) is 2.36. The summed E-state index contributed by atoms with van der Waals surface area (Å²) < 4.78 is 0. The highest BCUT2D eigenvalue weighted by Gasteiger charge is 2.23. The van der Waals surface area contributed by atoms with Crippen LogP contribution in [0.4, 0.5) is 0 Å². The molecule has 100 valence electrons. The van der Waals surface area contributed by atoms with Crippen LogP contribution >= 0.6 is 12.4 Å². The molecule has 4 heteroatoms. The van der Waals surface area contributed by atoms with Crippen molar-refractivity contribution in [2.75, 3.05) is 20.1 Å². The third kappa shape index (κ3) is 3.24. The van der Waals surface area contributed by atoms with Gasteiger partial charge in [0.05, 0.1) is 0 Å². The fraction of sp³-hybridized carbons (Fsp3) is 0.500. The van der Waals surface area contributed by atoms with Crippen molar-refractivity contribution in [3.63, 3.8) is 0 Å². The first-order chi connectivity index (χ1) is 8.20. The van der Waals surface area contributed by atoms with E-state index < -0.39 is 0 Å². The van der Waals surface area contributed by atoms with Gasteiger partial charge in [-0.15, -0.1) is 12.4 Å². The van der Waals surface area contributed by atoms with Gasteiger partial charge in [0, 0.05) is 18.7 Å². The lowest BCUT2D eigenvalue weighted by Gasteiger charge is -2.32. The number of hydrogen-bond acceptors (Lipinski definition) is 2. The molecule has 1 fully saturated rings. The number of piperidine rings is 1. The highest BCUT2D eigenvalue weighted by atomic mass is 35.5. The van der Waals surface area contributed by atoms with E-state index in [1.165, 1.54) is 0 Å². The molecule has 1 N–H and O–H groups in total. The van der Waals surface area contributed by atoms with Gasteiger partial charge in [-0.25, -0.2) is 0 Å². The van der Waals surface area contributed by atoms with E-state index >= 15 is 0 Å². The summed E-state index contributed by atoms with van der Waals surface area (Å²) in [5, 5.41) is 3.32. The molecule has 0 atom stereocenters. The van der Waals surface area contributed by atoms with Crippen LogP contribution in [-0.2, 0) is 0 Å². The SMILES string of the molecule is Cc1ccccc1C(=O)N(C)C1CCNCC1.Cl. The van der Waals surface area contributed by atoms with Crippen LogP contribution in [0.1, 0.15) is 28.8 Å². The molecule has 3 nitrogen and oxygen atoms in total. The average molecular weight is 269 g/mol. The second-order valence-electron chi connectivity index (χ2n) is 4.71. The molecule has 1 heterocycles. The predicted molar refractivity (Wildman–Crippen MR) is 76.4 cm³/mol. The van der Waals surface area contributed by atoms with E-state index in [0.717, 1.165) is 37.1 Å². The molecule has 1 aromatic rings. The third-order valence-corrected chi connectivity index (χ3v) is 3.55. The number of benzene rings is 1. The van der Waals surface area contributed by atoms with Crippen molar-refractivity contribution >= 4 is 18.3 Å². The molecule has 1 amide bonds. The van der Waals surface area contributed by atoms with Gasteiger partial charge in [-0.1, -0.05) is 18.2 Å². The standard InChI is InChI=1S/C14H20N2O.ClH/c1-11-5-3-4-6-13(11)14(17)16(2)12-7-9-15-10-8-12;/h3-6,12,15H,7-10H2,1-2H3;1H. The second-order valence-corrected chi connectivity index (χ2v) is 4.71. The highest BCUT2D eigenvalue weighted by Crippen LogP contribution is 2.15. The number of halogens is 1. The first kappa shape index (κ1) is 15.0. The summed E-state index contributed by atoms with van der Waals surface area (Å²) in [5.74, 6) is 0.148. The van der Waals surface area contributed by atoms with E-state index in [2.05, 4.69) is 5.32 Å². The molecule has 1 aromatic carbocycles. The largest absolute Gasteiger partial charge is 0.339 e. The Hall–Kier alpha value is -1.06. The Balaban J connectivity index is 0.00000162. The lowest BCUT2D eigenvalue weighted by Crippen LogP contribution is -2.44. The smallest absolute Gasteiger partial charge is 0.254 e. The first-order valence-electron chi connectivity index (χ1n) is 6.23. The molecule has 0 unspecified atom stereocenters. The Morgan fingerprint density at radius 1 is 1.28 bits per heavy atom. The highest BCUT2D eigenvalue weighted by molar-refractivity contribution is 5.95. The summed E-state index contributed by atoms with van der Waals surface area (Å²) >= 11 is 0. The van der Waals surface area contributed by atoms with Gasteiger partial charge in [0.15, 0.2) is 0 Å². The van der Waals surface area contributed by atoms with Crippen LogP contribution in [0, 0.1) is 6.92 Å². The summed E-state index contributed by atoms with van der Waals surface area (Å²) in [6.45, 7) is 4.01. The lowest BCUT2D eigenvalue weighted by molar-refractivity contribution is 0.0702. The van der Waals surface area contributed by atoms with E-state index in [0.29, 0.717) is 6.04 Å². The van der Waals surface area contributed by atoms with Crippen LogP contribution in [0.2, 0.25) is 0 Å². The molecule has 18 heavy (non-hydrogen) atoms. The number of amides is 1. The number of carbonyl (C=O) groups is 1. The van der Waals surface area contributed by atoms with Gasteiger partial charge in [0.2, 0.25) is 0 Å². The third-order valence-electron chi connectivity index (χ3n) is 3.55. The van der Waals surface area contributed by atoms with Gasteiger partial charge in [-0.2, -0.15) is 0 Å². The molecule has 0 saturated carbocycles. The van der Waals surface area contributed by atoms with Crippen molar-refractivity contribution in [2.24, 2.45) is 0 Å². The zero-order chi connectivity index (χ0) is 12.3. The summed E-state index contributed by atoms with van der Waals surface area (Å²) in [4.78, 5) is 14.3. The van der Waals surface area contributed by atoms with E-state index in [-0.39, 0.29) is 18.3 Å². The fourth-order valence-corrected chi connectivity index (χ4v) is 2.36. The van der Waals surface area contributed by atoms with Crippen LogP contribution in [0.3, 0.4) is 0 Å². The molecule has 0 aliphatic carbocycles. The normalized spacial score (nSPS) is 15.9. The zero-order valence-corrected chi connectivity index (χ0v) is 11.8. The molecule has 1 aliphatic rings. The Kier molecular flexibility index (Phi) is 5.63. The molecule has 0 bridgehead atoms. The van der Waals surface area contributed by atoms with Gasteiger partial charge in [-0.05, 0) is 44.5 Å². The van der Waals surface area contributed by atoms with Gasteiger partial charge in [0.25, 0.3) is 5.91 Å². The van der Waals surface area contributed by atoms with Gasteiger partial charge >= 0.3 is 0 Å². The molecular formula is C14H21ClN2O. The number of nitrogens with one attached hydrogen (secondary N) is 1. The average Bonchev–Trinajstić information content (AvgIpc) is 2.39. The Labute approximate surface area is 115 Å². The number of hydrogen-bond donors (Lipinski definition) is 1. The molecule has 1 aliphatic heterocycles. The lowest BCUT2D eigenvalue weighted by atomic mass is 10.0. The first-order valence-corrected chi connectivity index (χ1v) is 6.23. The number of nitrogens with zero attached hydrogens (tertiary/aromatic N) is 1. The van der Waals surface area contributed by atoms with Crippen molar-refractivity contribution in [3.05, 3.63) is 35.4 Å². The van der Waals surface area contributed by atoms with E-state index in [1.807, 2.05) is 43.1 Å². The van der Waals surface area contributed by atoms with Crippen molar-refractivity contribution < 1.29 is 4.79 Å². The molecular weight excluding hydrogens is 248 g/mol. The van der Waals surface area contributed by atoms with E-state index in [1.54, 1.807) is 0 Å². The summed E-state index contributed by atoms with van der Waals surface area (Å²) in [7, 11) is 1.92. The number of rotatable bonds is 2. The van der Waals surface area contributed by atoms with Gasteiger partial charge < -0.3 is 10.2 Å². The maximum absolute atomic E-state index is 12.4. The Bertz CT molecular complexity index is 403. The van der Waals surface area contributed by atoms with E-state index in [4.69, 9.17) is 0 Å². The minimum Gasteiger partial charge on any atom is -0.339 e. The van der Waals surface area contributed by atoms with E-state index in [9.17, 15) is 4.79 Å². The molecule has 2 rings (SSSR count). The number of carbonyl (C=O) groups excluding carboxylic acids is 1. The quantitative estimate of drug-likeness (QED) is 0.892. The van der Waals surface area contributed by atoms with Crippen molar-refractivity contribution in [3.8, 4) is 0 Å². The molecule has 0 radical (unpaired) electrons. The van der Waals surface area contributed by atoms with Crippen LogP contribution in [-0.4, -0.2) is 37.0 Å². The van der Waals surface area contributed by atoms with Crippen molar-refractivity contribution in [1.82, 2.24) is 10.2 Å². The van der Waals surface area contributed by atoms with Crippen molar-refractivity contribution in [1.29, 1.82) is 0 Å².